The zero-order valence-corrected chi connectivity index (χ0v) is 16.8. The van der Waals surface area contributed by atoms with Gasteiger partial charge in [0.2, 0.25) is 0 Å². The third-order valence-electron chi connectivity index (χ3n) is 4.94. The number of aromatic nitrogens is 2. The Morgan fingerprint density at radius 3 is 2.59 bits per heavy atom. The molecule has 5 nitrogen and oxygen atoms in total. The summed E-state index contributed by atoms with van der Waals surface area (Å²) in [5, 5.41) is 10.7. The Balaban J connectivity index is 1.56. The van der Waals surface area contributed by atoms with E-state index in [1.807, 2.05) is 59.3 Å². The zero-order valence-electron chi connectivity index (χ0n) is 15.2. The molecule has 0 bridgehead atoms. The van der Waals surface area contributed by atoms with Crippen molar-refractivity contribution in [3.05, 3.63) is 93.4 Å². The summed E-state index contributed by atoms with van der Waals surface area (Å²) in [7, 11) is 0. The molecule has 2 aromatic carbocycles. The lowest BCUT2D eigenvalue weighted by Gasteiger charge is -2.21. The smallest absolute Gasteiger partial charge is 0.267 e. The molecule has 0 spiro atoms. The van der Waals surface area contributed by atoms with Crippen molar-refractivity contribution in [2.24, 2.45) is 5.10 Å². The molecule has 3 heterocycles. The Morgan fingerprint density at radius 1 is 1.03 bits per heavy atom. The number of hydrogen-bond donors (Lipinski definition) is 0. The van der Waals surface area contributed by atoms with Crippen LogP contribution in [0.5, 0.6) is 0 Å². The molecule has 1 aliphatic rings. The van der Waals surface area contributed by atoms with Gasteiger partial charge in [-0.3, -0.25) is 14.8 Å². The first-order chi connectivity index (χ1) is 14.2. The number of amides is 1. The Hall–Kier alpha value is -3.09. The van der Waals surface area contributed by atoms with Gasteiger partial charge in [-0.15, -0.1) is 0 Å². The highest BCUT2D eigenvalue weighted by Gasteiger charge is 2.34. The maximum absolute atomic E-state index is 13.2. The van der Waals surface area contributed by atoms with Crippen LogP contribution in [0.15, 0.2) is 76.8 Å². The molecule has 0 saturated heterocycles. The molecule has 0 saturated carbocycles. The van der Waals surface area contributed by atoms with Crippen molar-refractivity contribution in [1.29, 1.82) is 0 Å². The average molecular weight is 419 g/mol. The Morgan fingerprint density at radius 2 is 1.83 bits per heavy atom. The molecule has 142 valence electrons. The van der Waals surface area contributed by atoms with Crippen molar-refractivity contribution < 1.29 is 4.79 Å². The minimum absolute atomic E-state index is 0.112. The lowest BCUT2D eigenvalue weighted by molar-refractivity contribution is 0.0712. The van der Waals surface area contributed by atoms with Crippen molar-refractivity contribution in [3.63, 3.8) is 0 Å². The van der Waals surface area contributed by atoms with Gasteiger partial charge < -0.3 is 0 Å². The van der Waals surface area contributed by atoms with E-state index in [-0.39, 0.29) is 11.9 Å². The van der Waals surface area contributed by atoms with Crippen LogP contribution < -0.4 is 0 Å². The molecule has 7 heteroatoms. The Bertz CT molecular complexity index is 1220. The molecule has 1 aliphatic heterocycles. The monoisotopic (exact) mass is 418 g/mol. The first-order valence-corrected chi connectivity index (χ1v) is 10.4. The number of carbonyl (C=O) groups excluding carboxylic acids is 1. The first kappa shape index (κ1) is 18.0. The normalized spacial score (nSPS) is 16.2. The molecule has 1 atom stereocenters. The Kier molecular flexibility index (Phi) is 4.58. The summed E-state index contributed by atoms with van der Waals surface area (Å²) in [6, 6.07) is 15.1. The van der Waals surface area contributed by atoms with Crippen LogP contribution in [-0.4, -0.2) is 26.6 Å². The average Bonchev–Trinajstić information content (AvgIpc) is 3.44. The van der Waals surface area contributed by atoms with Gasteiger partial charge >= 0.3 is 0 Å². The number of rotatable bonds is 3. The summed E-state index contributed by atoms with van der Waals surface area (Å²) < 4.78 is 0. The number of hydrogen-bond acceptors (Lipinski definition) is 5. The predicted octanol–water partition coefficient (Wildman–Crippen LogP) is 5.34. The van der Waals surface area contributed by atoms with Gasteiger partial charge in [0.15, 0.2) is 0 Å². The number of nitrogens with zero attached hydrogens (tertiary/aromatic N) is 4. The summed E-state index contributed by atoms with van der Waals surface area (Å²) >= 11 is 7.52. The van der Waals surface area contributed by atoms with Crippen molar-refractivity contribution in [3.8, 4) is 0 Å². The molecule has 0 N–H and O–H groups in total. The van der Waals surface area contributed by atoms with Gasteiger partial charge in [0, 0.05) is 29.2 Å². The van der Waals surface area contributed by atoms with E-state index in [0.717, 1.165) is 27.9 Å². The van der Waals surface area contributed by atoms with Gasteiger partial charge in [-0.2, -0.15) is 16.4 Å². The van der Waals surface area contributed by atoms with Crippen LogP contribution in [0, 0.1) is 0 Å². The number of fused-ring (bicyclic) bond motifs is 1. The summed E-state index contributed by atoms with van der Waals surface area (Å²) in [6.07, 6.45) is 3.96. The quantitative estimate of drug-likeness (QED) is 0.451. The summed E-state index contributed by atoms with van der Waals surface area (Å²) in [6.45, 7) is 0. The van der Waals surface area contributed by atoms with E-state index in [1.54, 1.807) is 17.4 Å². The highest BCUT2D eigenvalue weighted by Crippen LogP contribution is 2.35. The third kappa shape index (κ3) is 3.41. The van der Waals surface area contributed by atoms with Crippen LogP contribution in [0.1, 0.15) is 33.9 Å². The van der Waals surface area contributed by atoms with Gasteiger partial charge in [0.25, 0.3) is 5.91 Å². The largest absolute Gasteiger partial charge is 0.275 e. The molecule has 29 heavy (non-hydrogen) atoms. The first-order valence-electron chi connectivity index (χ1n) is 9.09. The Labute approximate surface area is 176 Å². The number of halogens is 1. The SMILES string of the molecule is O=C(c1ccsc1)N1N=C(c2ccc(Cl)cc2)CC1c1ccc2nccnc2c1. The molecular weight excluding hydrogens is 404 g/mol. The van der Waals surface area contributed by atoms with Gasteiger partial charge in [0.05, 0.1) is 28.4 Å². The van der Waals surface area contributed by atoms with Gasteiger partial charge in [-0.25, -0.2) is 5.01 Å². The van der Waals surface area contributed by atoms with Crippen molar-refractivity contribution in [1.82, 2.24) is 15.0 Å². The second-order valence-electron chi connectivity index (χ2n) is 6.74. The van der Waals surface area contributed by atoms with Crippen molar-refractivity contribution >= 4 is 45.6 Å². The van der Waals surface area contributed by atoms with Crippen molar-refractivity contribution in [2.75, 3.05) is 0 Å². The predicted molar refractivity (Wildman–Crippen MR) is 115 cm³/mol. The molecule has 1 unspecified atom stereocenters. The minimum Gasteiger partial charge on any atom is -0.267 e. The molecule has 5 rings (SSSR count). The second-order valence-corrected chi connectivity index (χ2v) is 7.96. The van der Waals surface area contributed by atoms with Crippen LogP contribution in [-0.2, 0) is 0 Å². The number of carbonyl (C=O) groups is 1. The van der Waals surface area contributed by atoms with E-state index in [4.69, 9.17) is 16.7 Å². The maximum atomic E-state index is 13.2. The fourth-order valence-corrected chi connectivity index (χ4v) is 4.24. The molecule has 0 radical (unpaired) electrons. The van der Waals surface area contributed by atoms with Crippen LogP contribution in [0.4, 0.5) is 0 Å². The number of thiophene rings is 1. The molecule has 4 aromatic rings. The zero-order chi connectivity index (χ0) is 19.8. The topological polar surface area (TPSA) is 58.5 Å². The molecular formula is C22H15ClN4OS. The molecule has 2 aromatic heterocycles. The van der Waals surface area contributed by atoms with E-state index < -0.39 is 0 Å². The standard InChI is InChI=1S/C22H15ClN4OS/c23-17-4-1-14(2-5-17)19-12-21(27(26-19)22(28)16-7-10-29-13-16)15-3-6-18-20(11-15)25-9-8-24-18/h1-11,13,21H,12H2. The van der Waals surface area contributed by atoms with E-state index >= 15 is 0 Å². The maximum Gasteiger partial charge on any atom is 0.275 e. The lowest BCUT2D eigenvalue weighted by Crippen LogP contribution is -2.26. The number of hydrazone groups is 1. The van der Waals surface area contributed by atoms with Gasteiger partial charge in [-0.05, 0) is 46.8 Å². The van der Waals surface area contributed by atoms with E-state index in [0.29, 0.717) is 17.0 Å². The van der Waals surface area contributed by atoms with E-state index in [1.165, 1.54) is 11.3 Å². The third-order valence-corrected chi connectivity index (χ3v) is 5.88. The molecule has 0 fully saturated rings. The van der Waals surface area contributed by atoms with Gasteiger partial charge in [0.1, 0.15) is 0 Å². The van der Waals surface area contributed by atoms with Crippen LogP contribution in [0.2, 0.25) is 5.02 Å². The minimum atomic E-state index is -0.209. The second kappa shape index (κ2) is 7.39. The fourth-order valence-electron chi connectivity index (χ4n) is 3.48. The van der Waals surface area contributed by atoms with Crippen LogP contribution in [0.3, 0.4) is 0 Å². The van der Waals surface area contributed by atoms with Gasteiger partial charge in [-0.1, -0.05) is 29.8 Å². The molecule has 0 aliphatic carbocycles. The summed E-state index contributed by atoms with van der Waals surface area (Å²) in [5.41, 5.74) is 5.06. The van der Waals surface area contributed by atoms with Crippen LogP contribution >= 0.6 is 22.9 Å². The highest BCUT2D eigenvalue weighted by atomic mass is 35.5. The fraction of sp³-hybridized carbons (Fsp3) is 0.0909. The van der Waals surface area contributed by atoms with E-state index in [2.05, 4.69) is 9.97 Å². The van der Waals surface area contributed by atoms with Crippen molar-refractivity contribution in [2.45, 2.75) is 12.5 Å². The molecule has 1 amide bonds. The number of benzene rings is 2. The lowest BCUT2D eigenvalue weighted by atomic mass is 9.98. The summed E-state index contributed by atoms with van der Waals surface area (Å²) in [5.74, 6) is -0.112. The summed E-state index contributed by atoms with van der Waals surface area (Å²) in [4.78, 5) is 21.9. The van der Waals surface area contributed by atoms with E-state index in [9.17, 15) is 4.79 Å². The highest BCUT2D eigenvalue weighted by molar-refractivity contribution is 7.08. The van der Waals surface area contributed by atoms with Crippen LogP contribution in [0.25, 0.3) is 11.0 Å².